The SMILES string of the molecule is COCCn1c[nH+]c2c(c1=O)c1nc3ccccc3nc1n2/N=C\c1cccc(C)c1. The van der Waals surface area contributed by atoms with Crippen molar-refractivity contribution < 1.29 is 9.72 Å². The molecule has 0 bridgehead atoms. The normalized spacial score (nSPS) is 11.9. The van der Waals surface area contributed by atoms with Crippen LogP contribution in [0.5, 0.6) is 0 Å². The van der Waals surface area contributed by atoms with Gasteiger partial charge in [-0.05, 0) is 24.6 Å². The summed E-state index contributed by atoms with van der Waals surface area (Å²) in [5.74, 6) is 0. The van der Waals surface area contributed by atoms with E-state index in [-0.39, 0.29) is 5.56 Å². The predicted molar refractivity (Wildman–Crippen MR) is 119 cm³/mol. The van der Waals surface area contributed by atoms with Crippen LogP contribution >= 0.6 is 0 Å². The lowest BCUT2D eigenvalue weighted by Gasteiger charge is -1.99. The number of nitrogens with one attached hydrogen (secondary N) is 1. The Bertz CT molecular complexity index is 1520. The molecule has 0 atom stereocenters. The minimum absolute atomic E-state index is 0.162. The maximum Gasteiger partial charge on any atom is 0.322 e. The summed E-state index contributed by atoms with van der Waals surface area (Å²) in [5.41, 5.74) is 4.99. The number of benzene rings is 2. The van der Waals surface area contributed by atoms with E-state index >= 15 is 0 Å². The fraction of sp³-hybridized carbons (Fsp3) is 0.174. The molecule has 154 valence electrons. The minimum atomic E-state index is -0.162. The van der Waals surface area contributed by atoms with E-state index in [4.69, 9.17) is 14.7 Å². The van der Waals surface area contributed by atoms with Crippen LogP contribution in [0.2, 0.25) is 0 Å². The molecule has 0 fully saturated rings. The van der Waals surface area contributed by atoms with Crippen LogP contribution in [0.25, 0.3) is 33.2 Å². The van der Waals surface area contributed by atoms with Gasteiger partial charge in [-0.1, -0.05) is 42.0 Å². The summed E-state index contributed by atoms with van der Waals surface area (Å²) in [7, 11) is 1.61. The molecule has 5 aromatic rings. The van der Waals surface area contributed by atoms with E-state index in [9.17, 15) is 4.79 Å². The van der Waals surface area contributed by atoms with Crippen LogP contribution < -0.4 is 10.5 Å². The first-order chi connectivity index (χ1) is 15.2. The summed E-state index contributed by atoms with van der Waals surface area (Å²) in [4.78, 5) is 26.0. The fourth-order valence-corrected chi connectivity index (χ4v) is 3.65. The first-order valence-electron chi connectivity index (χ1n) is 9.97. The molecule has 1 N–H and O–H groups in total. The van der Waals surface area contributed by atoms with Gasteiger partial charge in [0.2, 0.25) is 5.65 Å². The molecule has 0 aliphatic rings. The number of aromatic nitrogens is 5. The number of H-pyrrole nitrogens is 1. The number of para-hydroxylation sites is 2. The molecule has 0 aliphatic carbocycles. The highest BCUT2D eigenvalue weighted by atomic mass is 16.5. The molecule has 0 unspecified atom stereocenters. The fourth-order valence-electron chi connectivity index (χ4n) is 3.65. The molecule has 8 heteroatoms. The quantitative estimate of drug-likeness (QED) is 0.414. The number of fused-ring (bicyclic) bond motifs is 4. The molecule has 0 radical (unpaired) electrons. The van der Waals surface area contributed by atoms with Gasteiger partial charge >= 0.3 is 5.56 Å². The molecule has 2 aromatic carbocycles. The molecule has 0 spiro atoms. The maximum absolute atomic E-state index is 13.3. The van der Waals surface area contributed by atoms with Gasteiger partial charge in [0.15, 0.2) is 11.7 Å². The second-order valence-corrected chi connectivity index (χ2v) is 7.34. The van der Waals surface area contributed by atoms with E-state index in [0.29, 0.717) is 35.3 Å². The summed E-state index contributed by atoms with van der Waals surface area (Å²) in [6.45, 7) is 2.89. The van der Waals surface area contributed by atoms with Crippen molar-refractivity contribution in [2.75, 3.05) is 13.7 Å². The van der Waals surface area contributed by atoms with Crippen molar-refractivity contribution in [2.45, 2.75) is 13.5 Å². The smallest absolute Gasteiger partial charge is 0.322 e. The molecule has 5 rings (SSSR count). The van der Waals surface area contributed by atoms with Crippen molar-refractivity contribution in [1.82, 2.24) is 19.2 Å². The monoisotopic (exact) mass is 413 g/mol. The van der Waals surface area contributed by atoms with E-state index in [1.54, 1.807) is 28.9 Å². The van der Waals surface area contributed by atoms with Crippen molar-refractivity contribution in [1.29, 1.82) is 0 Å². The molecule has 0 saturated heterocycles. The first-order valence-corrected chi connectivity index (χ1v) is 9.97. The van der Waals surface area contributed by atoms with Crippen molar-refractivity contribution in [3.8, 4) is 0 Å². The third-order valence-electron chi connectivity index (χ3n) is 5.17. The van der Waals surface area contributed by atoms with Crippen LogP contribution in [-0.2, 0) is 11.3 Å². The first kappa shape index (κ1) is 19.1. The Morgan fingerprint density at radius 2 is 1.94 bits per heavy atom. The van der Waals surface area contributed by atoms with Crippen molar-refractivity contribution >= 4 is 39.4 Å². The highest BCUT2D eigenvalue weighted by Crippen LogP contribution is 2.23. The number of rotatable bonds is 5. The number of hydrogen-bond acceptors (Lipinski definition) is 5. The summed E-state index contributed by atoms with van der Waals surface area (Å²) in [6, 6.07) is 15.6. The zero-order chi connectivity index (χ0) is 21.4. The van der Waals surface area contributed by atoms with Crippen LogP contribution in [0.1, 0.15) is 11.1 Å². The van der Waals surface area contributed by atoms with Gasteiger partial charge in [-0.2, -0.15) is 0 Å². The summed E-state index contributed by atoms with van der Waals surface area (Å²) >= 11 is 0. The van der Waals surface area contributed by atoms with Crippen LogP contribution in [-0.4, -0.2) is 39.1 Å². The second kappa shape index (κ2) is 7.73. The van der Waals surface area contributed by atoms with Gasteiger partial charge in [0.25, 0.3) is 5.65 Å². The van der Waals surface area contributed by atoms with E-state index in [0.717, 1.165) is 22.2 Å². The maximum atomic E-state index is 13.3. The average molecular weight is 413 g/mol. The average Bonchev–Trinajstić information content (AvgIpc) is 3.09. The highest BCUT2D eigenvalue weighted by molar-refractivity contribution is 6.03. The summed E-state index contributed by atoms with van der Waals surface area (Å²) in [5, 5.41) is 5.11. The lowest BCUT2D eigenvalue weighted by molar-refractivity contribution is -0.357. The number of methoxy groups -OCH3 is 1. The highest BCUT2D eigenvalue weighted by Gasteiger charge is 2.24. The summed E-state index contributed by atoms with van der Waals surface area (Å²) in [6.07, 6.45) is 3.40. The Morgan fingerprint density at radius 1 is 1.13 bits per heavy atom. The Labute approximate surface area is 177 Å². The lowest BCUT2D eigenvalue weighted by atomic mass is 10.2. The standard InChI is InChI=1S/C23H20N6O2/c1-15-6-5-7-16(12-15)13-25-29-21-19(23(30)28(14-24-21)10-11-31-2)20-22(29)27-18-9-4-3-8-17(18)26-20/h3-9,12-14H,10-11H2,1-2H3/p+1/b25-13-. The third-order valence-corrected chi connectivity index (χ3v) is 5.17. The topological polar surface area (TPSA) is 88.4 Å². The predicted octanol–water partition coefficient (Wildman–Crippen LogP) is 2.55. The number of ether oxygens (including phenoxy) is 1. The Hall–Kier alpha value is -3.91. The molecule has 3 aromatic heterocycles. The van der Waals surface area contributed by atoms with E-state index < -0.39 is 0 Å². The zero-order valence-corrected chi connectivity index (χ0v) is 17.2. The molecular weight excluding hydrogens is 392 g/mol. The summed E-state index contributed by atoms with van der Waals surface area (Å²) < 4.78 is 8.36. The van der Waals surface area contributed by atoms with Crippen molar-refractivity contribution in [3.05, 3.63) is 76.3 Å². The van der Waals surface area contributed by atoms with Gasteiger partial charge in [-0.15, -0.1) is 9.78 Å². The molecule has 8 nitrogen and oxygen atoms in total. The number of aromatic amines is 1. The number of nitrogens with zero attached hydrogens (tertiary/aromatic N) is 5. The number of hydrogen-bond donors (Lipinski definition) is 0. The van der Waals surface area contributed by atoms with E-state index in [1.807, 2.05) is 55.5 Å². The molecule has 3 heterocycles. The molecular formula is C23H21N6O2+. The van der Waals surface area contributed by atoms with Gasteiger partial charge in [0, 0.05) is 7.11 Å². The van der Waals surface area contributed by atoms with Crippen LogP contribution in [0.4, 0.5) is 0 Å². The Morgan fingerprint density at radius 3 is 2.71 bits per heavy atom. The molecule has 31 heavy (non-hydrogen) atoms. The van der Waals surface area contributed by atoms with E-state index in [2.05, 4.69) is 10.1 Å². The largest absolute Gasteiger partial charge is 0.381 e. The second-order valence-electron chi connectivity index (χ2n) is 7.34. The van der Waals surface area contributed by atoms with Gasteiger partial charge in [-0.3, -0.25) is 0 Å². The van der Waals surface area contributed by atoms with Gasteiger partial charge in [-0.25, -0.2) is 24.3 Å². The van der Waals surface area contributed by atoms with Crippen molar-refractivity contribution in [2.24, 2.45) is 5.10 Å². The molecule has 0 aliphatic heterocycles. The Balaban J connectivity index is 1.80. The van der Waals surface area contributed by atoms with Crippen LogP contribution in [0.15, 0.2) is 64.8 Å². The molecule has 0 saturated carbocycles. The zero-order valence-electron chi connectivity index (χ0n) is 17.2. The van der Waals surface area contributed by atoms with Crippen LogP contribution in [0.3, 0.4) is 0 Å². The van der Waals surface area contributed by atoms with E-state index in [1.165, 1.54) is 0 Å². The lowest BCUT2D eigenvalue weighted by Crippen LogP contribution is -2.28. The van der Waals surface area contributed by atoms with Crippen LogP contribution in [0, 0.1) is 6.92 Å². The Kier molecular flexibility index (Phi) is 4.76. The molecule has 0 amide bonds. The van der Waals surface area contributed by atoms with Gasteiger partial charge < -0.3 is 4.74 Å². The number of aryl methyl sites for hydroxylation is 1. The van der Waals surface area contributed by atoms with Gasteiger partial charge in [0.05, 0.1) is 30.4 Å². The third kappa shape index (κ3) is 3.36. The minimum Gasteiger partial charge on any atom is -0.381 e. The van der Waals surface area contributed by atoms with Gasteiger partial charge in [0.1, 0.15) is 5.52 Å². The van der Waals surface area contributed by atoms with Crippen molar-refractivity contribution in [3.63, 3.8) is 0 Å².